The van der Waals surface area contributed by atoms with Crippen LogP contribution in [0.15, 0.2) is 47.4 Å². The first-order valence-corrected chi connectivity index (χ1v) is 11.9. The number of nitrogens with two attached hydrogens (primary N) is 1. The summed E-state index contributed by atoms with van der Waals surface area (Å²) in [7, 11) is -4.31. The maximum atomic E-state index is 13.5. The summed E-state index contributed by atoms with van der Waals surface area (Å²) in [6, 6.07) is 8.01. The van der Waals surface area contributed by atoms with Crippen LogP contribution in [-0.2, 0) is 18.6 Å². The number of para-hydroxylation sites is 1. The molecule has 14 heteroatoms. The van der Waals surface area contributed by atoms with Crippen LogP contribution in [0, 0.1) is 5.92 Å². The Morgan fingerprint density at radius 3 is 2.53 bits per heavy atom. The van der Waals surface area contributed by atoms with Crippen LogP contribution >= 0.6 is 7.75 Å². The smallest absolute Gasteiger partial charge is 0.459 e. The number of nitrogens with one attached hydrogen (secondary N) is 1. The average Bonchev–Trinajstić information content (AvgIpc) is 3.05. The lowest BCUT2D eigenvalue weighted by Gasteiger charge is -2.26. The first-order valence-electron chi connectivity index (χ1n) is 10.4. The molecule has 2 unspecified atom stereocenters. The Hall–Kier alpha value is -2.80. The van der Waals surface area contributed by atoms with Crippen molar-refractivity contribution in [1.29, 1.82) is 0 Å². The fourth-order valence-electron chi connectivity index (χ4n) is 3.26. The van der Waals surface area contributed by atoms with Crippen LogP contribution in [0.4, 0.5) is 5.82 Å². The Morgan fingerprint density at radius 2 is 1.94 bits per heavy atom. The second-order valence-corrected chi connectivity index (χ2v) is 9.67. The number of ether oxygens (including phenoxy) is 1. The van der Waals surface area contributed by atoms with Gasteiger partial charge in [0.05, 0.1) is 6.61 Å². The Kier molecular flexibility index (Phi) is 8.08. The number of aliphatic carboxylic acids is 1. The highest BCUT2D eigenvalue weighted by Gasteiger charge is 2.46. The number of benzene rings is 1. The van der Waals surface area contributed by atoms with E-state index in [0.717, 1.165) is 4.57 Å². The van der Waals surface area contributed by atoms with E-state index in [2.05, 4.69) is 10.1 Å². The van der Waals surface area contributed by atoms with E-state index in [0.29, 0.717) is 0 Å². The number of carboxylic acid groups (broad SMARTS) is 1. The number of hydrogen-bond donors (Lipinski definition) is 5. The molecule has 1 saturated heterocycles. The fraction of sp³-hybridized carbons (Fsp3) is 0.450. The predicted molar refractivity (Wildman–Crippen MR) is 119 cm³/mol. The molecule has 1 fully saturated rings. The zero-order valence-corrected chi connectivity index (χ0v) is 19.3. The number of nitrogens with zero attached hydrogens (tertiary/aromatic N) is 2. The van der Waals surface area contributed by atoms with Gasteiger partial charge in [0.1, 0.15) is 35.9 Å². The molecule has 2 aromatic rings. The fourth-order valence-corrected chi connectivity index (χ4v) is 4.93. The Balaban J connectivity index is 1.79. The highest BCUT2D eigenvalue weighted by Crippen LogP contribution is 2.46. The number of nitrogen functional groups attached to an aromatic ring is 1. The van der Waals surface area contributed by atoms with Gasteiger partial charge in [-0.25, -0.2) is 9.36 Å². The van der Waals surface area contributed by atoms with E-state index in [1.807, 2.05) is 0 Å². The van der Waals surface area contributed by atoms with E-state index in [4.69, 9.17) is 19.5 Å². The van der Waals surface area contributed by atoms with Gasteiger partial charge in [-0.2, -0.15) is 10.1 Å². The summed E-state index contributed by atoms with van der Waals surface area (Å²) in [6.45, 7) is 2.66. The van der Waals surface area contributed by atoms with Gasteiger partial charge in [0.2, 0.25) is 0 Å². The van der Waals surface area contributed by atoms with Gasteiger partial charge in [-0.3, -0.25) is 13.9 Å². The quantitative estimate of drug-likeness (QED) is 0.282. The second kappa shape index (κ2) is 10.6. The van der Waals surface area contributed by atoms with Gasteiger partial charge >= 0.3 is 19.4 Å². The highest BCUT2D eigenvalue weighted by molar-refractivity contribution is 7.52. The molecule has 13 nitrogen and oxygen atoms in total. The van der Waals surface area contributed by atoms with E-state index < -0.39 is 62.5 Å². The van der Waals surface area contributed by atoms with Crippen molar-refractivity contribution in [2.45, 2.75) is 44.4 Å². The number of rotatable bonds is 10. The lowest BCUT2D eigenvalue weighted by atomic mass is 10.1. The number of carboxylic acids is 1. The zero-order valence-electron chi connectivity index (χ0n) is 18.4. The molecule has 34 heavy (non-hydrogen) atoms. The van der Waals surface area contributed by atoms with Crippen LogP contribution in [0.5, 0.6) is 5.75 Å². The topological polar surface area (TPSA) is 195 Å². The molecule has 186 valence electrons. The normalized spacial score (nSPS) is 25.1. The molecule has 0 amide bonds. The molecule has 0 aliphatic carbocycles. The molecule has 1 aliphatic rings. The minimum absolute atomic E-state index is 0.0302. The van der Waals surface area contributed by atoms with E-state index in [1.165, 1.54) is 24.4 Å². The van der Waals surface area contributed by atoms with Gasteiger partial charge in [0, 0.05) is 6.20 Å². The maximum Gasteiger partial charge on any atom is 0.459 e. The molecule has 1 aliphatic heterocycles. The first-order chi connectivity index (χ1) is 16.0. The molecule has 0 radical (unpaired) electrons. The van der Waals surface area contributed by atoms with Crippen LogP contribution in [0.3, 0.4) is 0 Å². The third-order valence-corrected chi connectivity index (χ3v) is 6.60. The molecule has 1 aromatic carbocycles. The number of aromatic nitrogens is 2. The van der Waals surface area contributed by atoms with Crippen molar-refractivity contribution >= 4 is 19.5 Å². The number of aliphatic hydroxyl groups is 2. The van der Waals surface area contributed by atoms with Crippen molar-refractivity contribution in [2.75, 3.05) is 12.3 Å². The van der Waals surface area contributed by atoms with Crippen molar-refractivity contribution < 1.29 is 38.5 Å². The van der Waals surface area contributed by atoms with Crippen molar-refractivity contribution in [1.82, 2.24) is 14.6 Å². The van der Waals surface area contributed by atoms with Gasteiger partial charge in [-0.15, -0.1) is 0 Å². The van der Waals surface area contributed by atoms with Gasteiger partial charge < -0.3 is 30.3 Å². The molecule has 6 atom stereocenters. The molecule has 1 aromatic heterocycles. The minimum atomic E-state index is -4.31. The molecule has 2 heterocycles. The first kappa shape index (κ1) is 25.8. The summed E-state index contributed by atoms with van der Waals surface area (Å²) in [5.41, 5.74) is 4.66. The van der Waals surface area contributed by atoms with Crippen molar-refractivity contribution in [2.24, 2.45) is 5.92 Å². The van der Waals surface area contributed by atoms with Gasteiger partial charge in [0.15, 0.2) is 6.23 Å². The van der Waals surface area contributed by atoms with Gasteiger partial charge in [0.25, 0.3) is 0 Å². The molecule has 0 bridgehead atoms. The summed E-state index contributed by atoms with van der Waals surface area (Å²) in [6.07, 6.45) is -4.36. The van der Waals surface area contributed by atoms with Crippen LogP contribution in [0.25, 0.3) is 0 Å². The number of aliphatic hydroxyl groups excluding tert-OH is 2. The largest absolute Gasteiger partial charge is 0.480 e. The monoisotopic (exact) mass is 498 g/mol. The van der Waals surface area contributed by atoms with Crippen molar-refractivity contribution in [3.63, 3.8) is 0 Å². The molecule has 6 N–H and O–H groups in total. The molecule has 3 rings (SSSR count). The number of hydrogen-bond acceptors (Lipinski definition) is 10. The lowest BCUT2D eigenvalue weighted by molar-refractivity contribution is -0.140. The third-order valence-electron chi connectivity index (χ3n) is 5.07. The van der Waals surface area contributed by atoms with E-state index in [-0.39, 0.29) is 11.6 Å². The molecule has 0 spiro atoms. The summed E-state index contributed by atoms with van der Waals surface area (Å²) in [4.78, 5) is 27.3. The van der Waals surface area contributed by atoms with Crippen LogP contribution in [0.2, 0.25) is 0 Å². The third kappa shape index (κ3) is 6.00. The van der Waals surface area contributed by atoms with Gasteiger partial charge in [-0.1, -0.05) is 32.0 Å². The van der Waals surface area contributed by atoms with Crippen LogP contribution in [-0.4, -0.2) is 61.8 Å². The Bertz CT molecular complexity index is 1100. The number of carbonyl (C=O) groups is 1. The van der Waals surface area contributed by atoms with E-state index in [9.17, 15) is 29.5 Å². The average molecular weight is 498 g/mol. The Labute approximate surface area is 194 Å². The van der Waals surface area contributed by atoms with E-state index >= 15 is 0 Å². The number of anilines is 1. The van der Waals surface area contributed by atoms with Gasteiger partial charge in [-0.05, 0) is 24.1 Å². The molecular weight excluding hydrogens is 471 g/mol. The SMILES string of the molecule is CC(C)C(NP(=O)(OC[C@H]1O[C@@H](n2ccc(N)nc2=O)[C@H](O)[C@@H]1O)Oc1ccccc1)C(=O)O. The predicted octanol–water partition coefficient (Wildman–Crippen LogP) is 0.347. The van der Waals surface area contributed by atoms with E-state index in [1.54, 1.807) is 32.0 Å². The second-order valence-electron chi connectivity index (χ2n) is 7.98. The summed E-state index contributed by atoms with van der Waals surface area (Å²) < 4.78 is 30.9. The minimum Gasteiger partial charge on any atom is -0.480 e. The summed E-state index contributed by atoms with van der Waals surface area (Å²) in [5.74, 6) is -1.62. The van der Waals surface area contributed by atoms with Crippen molar-refractivity contribution in [3.8, 4) is 5.75 Å². The van der Waals surface area contributed by atoms with Crippen molar-refractivity contribution in [3.05, 3.63) is 53.1 Å². The highest BCUT2D eigenvalue weighted by atomic mass is 31.2. The maximum absolute atomic E-state index is 13.5. The molecular formula is C20H27N4O9P. The standard InChI is InChI=1S/C20H27N4O9P/c1-11(2)15(19(27)28)23-34(30,33-12-6-4-3-5-7-12)31-10-13-16(25)17(26)18(32-13)24-9-8-14(21)22-20(24)29/h3-9,11,13,15-18,25-26H,10H2,1-2H3,(H,23,30)(H,27,28)(H2,21,22,29)/t13-,15?,16-,17-,18-,34?/m1/s1. The van der Waals surface area contributed by atoms with Crippen LogP contribution < -0.4 is 21.0 Å². The van der Waals surface area contributed by atoms with Crippen LogP contribution in [0.1, 0.15) is 20.1 Å². The summed E-state index contributed by atoms with van der Waals surface area (Å²) in [5, 5.41) is 32.7. The lowest BCUT2D eigenvalue weighted by Crippen LogP contribution is -2.41. The molecule has 0 saturated carbocycles. The summed E-state index contributed by atoms with van der Waals surface area (Å²) >= 11 is 0. The Morgan fingerprint density at radius 1 is 1.26 bits per heavy atom. The zero-order chi connectivity index (χ0) is 25.0.